The normalized spacial score (nSPS) is 13.5. The first kappa shape index (κ1) is 16.8. The largest absolute Gasteiger partial charge is 0.497 e. The lowest BCUT2D eigenvalue weighted by Crippen LogP contribution is -2.40. The zero-order valence-electron chi connectivity index (χ0n) is 12.8. The molecule has 1 atom stereocenters. The van der Waals surface area contributed by atoms with Crippen LogP contribution in [0.3, 0.4) is 0 Å². The molecule has 1 amide bonds. The Morgan fingerprint density at radius 1 is 1.29 bits per heavy atom. The molecule has 21 heavy (non-hydrogen) atoms. The van der Waals surface area contributed by atoms with E-state index in [0.717, 1.165) is 11.3 Å². The van der Waals surface area contributed by atoms with Gasteiger partial charge in [0.15, 0.2) is 0 Å². The molecule has 0 saturated carbocycles. The number of hydrogen-bond donors (Lipinski definition) is 1. The van der Waals surface area contributed by atoms with Gasteiger partial charge in [0.2, 0.25) is 5.91 Å². The van der Waals surface area contributed by atoms with Gasteiger partial charge in [0, 0.05) is 13.0 Å². The zero-order valence-corrected chi connectivity index (χ0v) is 12.8. The molecule has 1 rings (SSSR count). The van der Waals surface area contributed by atoms with Gasteiger partial charge >= 0.3 is 5.97 Å². The first-order chi connectivity index (χ1) is 9.91. The molecule has 0 aliphatic carbocycles. The Kier molecular flexibility index (Phi) is 5.96. The predicted octanol–water partition coefficient (Wildman–Crippen LogP) is 2.17. The standard InChI is InChI=1S/C16H21NO4/c1-5-21-15(19)10-11-16(3,17-12(2)18)13-6-8-14(20-4)9-7-13/h6-11H,5H2,1-4H3,(H,17,18)/b11-10+. The van der Waals surface area contributed by atoms with Crippen molar-refractivity contribution >= 4 is 11.9 Å². The lowest BCUT2D eigenvalue weighted by Gasteiger charge is -2.27. The van der Waals surface area contributed by atoms with Crippen molar-refractivity contribution in [2.75, 3.05) is 13.7 Å². The van der Waals surface area contributed by atoms with Crippen LogP contribution >= 0.6 is 0 Å². The fourth-order valence-corrected chi connectivity index (χ4v) is 1.94. The molecule has 0 fully saturated rings. The molecule has 0 aliphatic heterocycles. The summed E-state index contributed by atoms with van der Waals surface area (Å²) in [5.74, 6) is 0.0858. The number of amides is 1. The lowest BCUT2D eigenvalue weighted by atomic mass is 9.91. The van der Waals surface area contributed by atoms with Crippen molar-refractivity contribution in [1.29, 1.82) is 0 Å². The molecule has 0 radical (unpaired) electrons. The van der Waals surface area contributed by atoms with Gasteiger partial charge in [-0.1, -0.05) is 12.1 Å². The van der Waals surface area contributed by atoms with Crippen molar-refractivity contribution in [1.82, 2.24) is 5.32 Å². The second kappa shape index (κ2) is 7.47. The molecule has 0 spiro atoms. The fraction of sp³-hybridized carbons (Fsp3) is 0.375. The third-order valence-corrected chi connectivity index (χ3v) is 2.96. The van der Waals surface area contributed by atoms with E-state index < -0.39 is 11.5 Å². The van der Waals surface area contributed by atoms with Crippen LogP contribution in [0, 0.1) is 0 Å². The Morgan fingerprint density at radius 2 is 1.90 bits per heavy atom. The van der Waals surface area contributed by atoms with E-state index in [4.69, 9.17) is 9.47 Å². The van der Waals surface area contributed by atoms with Gasteiger partial charge in [0.05, 0.1) is 19.3 Å². The van der Waals surface area contributed by atoms with E-state index in [-0.39, 0.29) is 5.91 Å². The first-order valence-electron chi connectivity index (χ1n) is 6.70. The minimum atomic E-state index is -0.801. The molecule has 1 aromatic rings. The quantitative estimate of drug-likeness (QED) is 0.644. The van der Waals surface area contributed by atoms with Crippen LogP contribution in [0.25, 0.3) is 0 Å². The van der Waals surface area contributed by atoms with Crippen LogP contribution in [0.1, 0.15) is 26.3 Å². The van der Waals surface area contributed by atoms with Crippen molar-refractivity contribution < 1.29 is 19.1 Å². The number of benzene rings is 1. The molecule has 5 heteroatoms. The van der Waals surface area contributed by atoms with Gasteiger partial charge in [0.1, 0.15) is 5.75 Å². The maximum atomic E-state index is 11.5. The van der Waals surface area contributed by atoms with Crippen molar-refractivity contribution in [3.05, 3.63) is 42.0 Å². The molecule has 0 aliphatic rings. The van der Waals surface area contributed by atoms with Crippen molar-refractivity contribution in [3.8, 4) is 5.75 Å². The molecule has 0 aromatic heterocycles. The van der Waals surface area contributed by atoms with Crippen molar-refractivity contribution in [3.63, 3.8) is 0 Å². The highest BCUT2D eigenvalue weighted by Gasteiger charge is 2.24. The summed E-state index contributed by atoms with van der Waals surface area (Å²) in [6.45, 7) is 5.29. The predicted molar refractivity (Wildman–Crippen MR) is 79.9 cm³/mol. The summed E-state index contributed by atoms with van der Waals surface area (Å²) in [4.78, 5) is 22.9. The molecule has 0 bridgehead atoms. The maximum Gasteiger partial charge on any atom is 0.330 e. The molecule has 1 N–H and O–H groups in total. The second-order valence-electron chi connectivity index (χ2n) is 4.70. The summed E-state index contributed by atoms with van der Waals surface area (Å²) >= 11 is 0. The minimum Gasteiger partial charge on any atom is -0.497 e. The molecule has 114 valence electrons. The van der Waals surface area contributed by atoms with Gasteiger partial charge in [-0.25, -0.2) is 4.79 Å². The molecule has 0 heterocycles. The smallest absolute Gasteiger partial charge is 0.330 e. The number of ether oxygens (including phenoxy) is 2. The van der Waals surface area contributed by atoms with Crippen LogP contribution < -0.4 is 10.1 Å². The maximum absolute atomic E-state index is 11.5. The number of carbonyl (C=O) groups excluding carboxylic acids is 2. The summed E-state index contributed by atoms with van der Waals surface area (Å²) in [6, 6.07) is 7.27. The lowest BCUT2D eigenvalue weighted by molar-refractivity contribution is -0.137. The Morgan fingerprint density at radius 3 is 2.38 bits per heavy atom. The summed E-state index contributed by atoms with van der Waals surface area (Å²) in [6.07, 6.45) is 2.94. The highest BCUT2D eigenvalue weighted by molar-refractivity contribution is 5.82. The molecule has 1 aromatic carbocycles. The van der Waals surface area contributed by atoms with Crippen molar-refractivity contribution in [2.24, 2.45) is 0 Å². The SMILES string of the molecule is CCOC(=O)/C=C/C(C)(NC(C)=O)c1ccc(OC)cc1. The average Bonchev–Trinajstić information content (AvgIpc) is 2.45. The van der Waals surface area contributed by atoms with Crippen LogP contribution in [-0.4, -0.2) is 25.6 Å². The zero-order chi connectivity index (χ0) is 15.9. The Bertz CT molecular complexity index is 522. The van der Waals surface area contributed by atoms with E-state index in [0.29, 0.717) is 6.61 Å². The number of hydrogen-bond acceptors (Lipinski definition) is 4. The highest BCUT2D eigenvalue weighted by Crippen LogP contribution is 2.24. The van der Waals surface area contributed by atoms with Crippen LogP contribution in [0.5, 0.6) is 5.75 Å². The Labute approximate surface area is 124 Å². The summed E-state index contributed by atoms with van der Waals surface area (Å²) in [7, 11) is 1.59. The summed E-state index contributed by atoms with van der Waals surface area (Å²) < 4.78 is 9.97. The third kappa shape index (κ3) is 4.95. The molecule has 0 saturated heterocycles. The van der Waals surface area contributed by atoms with Gasteiger partial charge in [-0.15, -0.1) is 0 Å². The van der Waals surface area contributed by atoms with E-state index in [9.17, 15) is 9.59 Å². The number of rotatable bonds is 6. The number of esters is 1. The monoisotopic (exact) mass is 291 g/mol. The Hall–Kier alpha value is -2.30. The minimum absolute atomic E-state index is 0.193. The van der Waals surface area contributed by atoms with Gasteiger partial charge in [-0.2, -0.15) is 0 Å². The number of methoxy groups -OCH3 is 1. The van der Waals surface area contributed by atoms with E-state index in [1.807, 2.05) is 19.1 Å². The van der Waals surface area contributed by atoms with E-state index in [1.165, 1.54) is 13.0 Å². The molecule has 5 nitrogen and oxygen atoms in total. The molecule has 1 unspecified atom stereocenters. The van der Waals surface area contributed by atoms with E-state index >= 15 is 0 Å². The van der Waals surface area contributed by atoms with Crippen molar-refractivity contribution in [2.45, 2.75) is 26.3 Å². The summed E-state index contributed by atoms with van der Waals surface area (Å²) in [5.41, 5.74) is 0.0317. The molecular weight excluding hydrogens is 270 g/mol. The Balaban J connectivity index is 3.06. The van der Waals surface area contributed by atoms with Gasteiger partial charge in [-0.05, 0) is 37.6 Å². The van der Waals surface area contributed by atoms with Gasteiger partial charge in [-0.3, -0.25) is 4.79 Å². The van der Waals surface area contributed by atoms with Gasteiger partial charge < -0.3 is 14.8 Å². The van der Waals surface area contributed by atoms with E-state index in [2.05, 4.69) is 5.32 Å². The first-order valence-corrected chi connectivity index (χ1v) is 6.70. The topological polar surface area (TPSA) is 64.6 Å². The second-order valence-corrected chi connectivity index (χ2v) is 4.70. The fourth-order valence-electron chi connectivity index (χ4n) is 1.94. The summed E-state index contributed by atoms with van der Waals surface area (Å²) in [5, 5.41) is 2.83. The van der Waals surface area contributed by atoms with Crippen LogP contribution in [0.2, 0.25) is 0 Å². The number of carbonyl (C=O) groups is 2. The van der Waals surface area contributed by atoms with Gasteiger partial charge in [0.25, 0.3) is 0 Å². The van der Waals surface area contributed by atoms with Crippen LogP contribution in [0.15, 0.2) is 36.4 Å². The molecular formula is C16H21NO4. The average molecular weight is 291 g/mol. The van der Waals surface area contributed by atoms with Crippen LogP contribution in [0.4, 0.5) is 0 Å². The number of nitrogens with one attached hydrogen (secondary N) is 1. The van der Waals surface area contributed by atoms with Crippen LogP contribution in [-0.2, 0) is 19.9 Å². The third-order valence-electron chi connectivity index (χ3n) is 2.96. The van der Waals surface area contributed by atoms with E-state index in [1.54, 1.807) is 32.2 Å². The highest BCUT2D eigenvalue weighted by atomic mass is 16.5.